The molecule has 0 aliphatic rings. The third-order valence-corrected chi connectivity index (χ3v) is 4.14. The zero-order valence-electron chi connectivity index (χ0n) is 14.5. The Kier molecular flexibility index (Phi) is 5.23. The van der Waals surface area contributed by atoms with E-state index in [9.17, 15) is 4.79 Å². The molecule has 1 aromatic carbocycles. The molecule has 2 heterocycles. The van der Waals surface area contributed by atoms with Crippen LogP contribution >= 0.6 is 0 Å². The Morgan fingerprint density at radius 2 is 1.88 bits per heavy atom. The molecule has 0 bridgehead atoms. The molecule has 1 atom stereocenters. The number of aryl methyl sites for hydroxylation is 1. The van der Waals surface area contributed by atoms with Crippen LogP contribution in [-0.2, 0) is 17.8 Å². The quantitative estimate of drug-likeness (QED) is 0.746. The molecule has 0 fully saturated rings. The maximum absolute atomic E-state index is 12.6. The minimum absolute atomic E-state index is 0.000249. The van der Waals surface area contributed by atoms with Crippen molar-refractivity contribution >= 4 is 11.7 Å². The van der Waals surface area contributed by atoms with E-state index in [-0.39, 0.29) is 11.8 Å². The first-order valence-electron chi connectivity index (χ1n) is 8.50. The fraction of sp³-hybridized carbons (Fsp3) is 0.250. The predicted octanol–water partition coefficient (Wildman–Crippen LogP) is 3.78. The summed E-state index contributed by atoms with van der Waals surface area (Å²) in [5.41, 5.74) is 2.97. The molecule has 0 saturated heterocycles. The number of carbonyl (C=O) groups excluding carboxylic acids is 1. The number of anilines is 1. The molecule has 128 valence electrons. The lowest BCUT2D eigenvalue weighted by Crippen LogP contribution is -2.23. The van der Waals surface area contributed by atoms with Gasteiger partial charge in [0.2, 0.25) is 5.91 Å². The van der Waals surface area contributed by atoms with Crippen LogP contribution in [0.5, 0.6) is 0 Å². The topological polar surface area (TPSA) is 59.8 Å². The van der Waals surface area contributed by atoms with Gasteiger partial charge >= 0.3 is 0 Å². The highest BCUT2D eigenvalue weighted by Gasteiger charge is 2.17. The summed E-state index contributed by atoms with van der Waals surface area (Å²) in [6, 6.07) is 15.8. The normalized spacial score (nSPS) is 11.9. The third kappa shape index (κ3) is 4.12. The smallest absolute Gasteiger partial charge is 0.228 e. The van der Waals surface area contributed by atoms with E-state index in [1.165, 1.54) is 0 Å². The van der Waals surface area contributed by atoms with Crippen LogP contribution in [0.4, 0.5) is 5.82 Å². The number of pyridine rings is 1. The third-order valence-electron chi connectivity index (χ3n) is 4.14. The van der Waals surface area contributed by atoms with E-state index in [1.54, 1.807) is 12.4 Å². The van der Waals surface area contributed by atoms with Gasteiger partial charge in [0, 0.05) is 36.5 Å². The van der Waals surface area contributed by atoms with Gasteiger partial charge in [0.25, 0.3) is 0 Å². The van der Waals surface area contributed by atoms with Crippen molar-refractivity contribution in [3.63, 3.8) is 0 Å². The average Bonchev–Trinajstić information content (AvgIpc) is 3.06. The van der Waals surface area contributed by atoms with E-state index >= 15 is 0 Å². The molecule has 25 heavy (non-hydrogen) atoms. The van der Waals surface area contributed by atoms with Crippen molar-refractivity contribution in [3.05, 3.63) is 66.5 Å². The van der Waals surface area contributed by atoms with Crippen LogP contribution in [0.3, 0.4) is 0 Å². The van der Waals surface area contributed by atoms with Gasteiger partial charge in [-0.05, 0) is 31.0 Å². The van der Waals surface area contributed by atoms with Crippen LogP contribution < -0.4 is 5.32 Å². The van der Waals surface area contributed by atoms with E-state index in [1.807, 2.05) is 67.1 Å². The molecule has 5 heteroatoms. The fourth-order valence-corrected chi connectivity index (χ4v) is 2.73. The van der Waals surface area contributed by atoms with Gasteiger partial charge < -0.3 is 5.32 Å². The molecule has 0 spiro atoms. The van der Waals surface area contributed by atoms with Gasteiger partial charge in [0.15, 0.2) is 0 Å². The average molecular weight is 334 g/mol. The van der Waals surface area contributed by atoms with Crippen molar-refractivity contribution in [2.24, 2.45) is 5.92 Å². The standard InChI is InChI=1S/C20H22N4O/c1-3-24-19(14-18(23-24)17-9-11-21-12-10-17)22-20(25)15(2)13-16-7-5-4-6-8-16/h4-12,14-15H,3,13H2,1-2H3,(H,22,25). The van der Waals surface area contributed by atoms with E-state index in [0.29, 0.717) is 13.0 Å². The number of nitrogens with zero attached hydrogens (tertiary/aromatic N) is 3. The Morgan fingerprint density at radius 3 is 2.56 bits per heavy atom. The highest BCUT2D eigenvalue weighted by Crippen LogP contribution is 2.22. The summed E-state index contributed by atoms with van der Waals surface area (Å²) in [5.74, 6) is 0.603. The zero-order valence-corrected chi connectivity index (χ0v) is 14.5. The van der Waals surface area contributed by atoms with Crippen LogP contribution in [0, 0.1) is 5.92 Å². The lowest BCUT2D eigenvalue weighted by atomic mass is 10.0. The number of benzene rings is 1. The molecule has 3 rings (SSSR count). The first-order chi connectivity index (χ1) is 12.2. The minimum Gasteiger partial charge on any atom is -0.311 e. The lowest BCUT2D eigenvalue weighted by Gasteiger charge is -2.12. The Balaban J connectivity index is 1.73. The summed E-state index contributed by atoms with van der Waals surface area (Å²) in [5, 5.41) is 7.59. The number of rotatable bonds is 6. The molecule has 1 N–H and O–H groups in total. The molecule has 1 amide bonds. The molecule has 5 nitrogen and oxygen atoms in total. The molecule has 2 aromatic heterocycles. The van der Waals surface area contributed by atoms with Crippen molar-refractivity contribution in [1.29, 1.82) is 0 Å². The second-order valence-electron chi connectivity index (χ2n) is 6.05. The second-order valence-corrected chi connectivity index (χ2v) is 6.05. The molecular weight excluding hydrogens is 312 g/mol. The van der Waals surface area contributed by atoms with E-state index < -0.39 is 0 Å². The van der Waals surface area contributed by atoms with Crippen LogP contribution in [0.15, 0.2) is 60.9 Å². The van der Waals surface area contributed by atoms with E-state index in [2.05, 4.69) is 15.4 Å². The maximum atomic E-state index is 12.6. The summed E-state index contributed by atoms with van der Waals surface area (Å²) in [6.45, 7) is 4.64. The van der Waals surface area contributed by atoms with Gasteiger partial charge in [-0.1, -0.05) is 37.3 Å². The van der Waals surface area contributed by atoms with Crippen molar-refractivity contribution in [3.8, 4) is 11.3 Å². The molecule has 0 saturated carbocycles. The van der Waals surface area contributed by atoms with Crippen LogP contribution in [-0.4, -0.2) is 20.7 Å². The van der Waals surface area contributed by atoms with Crippen molar-refractivity contribution < 1.29 is 4.79 Å². The number of nitrogens with one attached hydrogen (secondary N) is 1. The molecule has 0 aliphatic carbocycles. The summed E-state index contributed by atoms with van der Waals surface area (Å²) < 4.78 is 1.81. The predicted molar refractivity (Wildman–Crippen MR) is 99.1 cm³/mol. The zero-order chi connectivity index (χ0) is 17.6. The van der Waals surface area contributed by atoms with Gasteiger partial charge in [0.1, 0.15) is 5.82 Å². The first kappa shape index (κ1) is 16.9. The van der Waals surface area contributed by atoms with Crippen LogP contribution in [0.25, 0.3) is 11.3 Å². The summed E-state index contributed by atoms with van der Waals surface area (Å²) >= 11 is 0. The monoisotopic (exact) mass is 334 g/mol. The number of hydrogen-bond acceptors (Lipinski definition) is 3. The second kappa shape index (κ2) is 7.75. The Labute approximate surface area is 147 Å². The molecular formula is C20H22N4O. The van der Waals surface area contributed by atoms with Gasteiger partial charge in [-0.15, -0.1) is 0 Å². The number of carbonyl (C=O) groups is 1. The van der Waals surface area contributed by atoms with Gasteiger partial charge in [0.05, 0.1) is 5.69 Å². The number of amides is 1. The van der Waals surface area contributed by atoms with Crippen LogP contribution in [0.1, 0.15) is 19.4 Å². The van der Waals surface area contributed by atoms with Gasteiger partial charge in [-0.2, -0.15) is 5.10 Å². The molecule has 0 aliphatic heterocycles. The van der Waals surface area contributed by atoms with E-state index in [0.717, 1.165) is 22.6 Å². The molecule has 0 radical (unpaired) electrons. The van der Waals surface area contributed by atoms with Gasteiger partial charge in [-0.25, -0.2) is 4.68 Å². The molecule has 3 aromatic rings. The minimum atomic E-state index is -0.119. The number of aromatic nitrogens is 3. The summed E-state index contributed by atoms with van der Waals surface area (Å²) in [6.07, 6.45) is 4.19. The van der Waals surface area contributed by atoms with E-state index in [4.69, 9.17) is 0 Å². The lowest BCUT2D eigenvalue weighted by molar-refractivity contribution is -0.119. The summed E-state index contributed by atoms with van der Waals surface area (Å²) in [4.78, 5) is 16.6. The van der Waals surface area contributed by atoms with Crippen LogP contribution in [0.2, 0.25) is 0 Å². The van der Waals surface area contributed by atoms with Crippen molar-refractivity contribution in [2.45, 2.75) is 26.8 Å². The fourth-order valence-electron chi connectivity index (χ4n) is 2.73. The highest BCUT2D eigenvalue weighted by molar-refractivity contribution is 5.92. The van der Waals surface area contributed by atoms with Crippen molar-refractivity contribution in [2.75, 3.05) is 5.32 Å². The SMILES string of the molecule is CCn1nc(-c2ccncc2)cc1NC(=O)C(C)Cc1ccccc1. The number of hydrogen-bond donors (Lipinski definition) is 1. The Hall–Kier alpha value is -2.95. The summed E-state index contributed by atoms with van der Waals surface area (Å²) in [7, 11) is 0. The highest BCUT2D eigenvalue weighted by atomic mass is 16.2. The maximum Gasteiger partial charge on any atom is 0.228 e. The molecule has 1 unspecified atom stereocenters. The Morgan fingerprint density at radius 1 is 1.16 bits per heavy atom. The Bertz CT molecular complexity index is 827. The van der Waals surface area contributed by atoms with Gasteiger partial charge in [-0.3, -0.25) is 9.78 Å². The first-order valence-corrected chi connectivity index (χ1v) is 8.50. The van der Waals surface area contributed by atoms with Crippen molar-refractivity contribution in [1.82, 2.24) is 14.8 Å². The largest absolute Gasteiger partial charge is 0.311 e.